The van der Waals surface area contributed by atoms with Gasteiger partial charge in [0.25, 0.3) is 0 Å². The lowest BCUT2D eigenvalue weighted by Crippen LogP contribution is -2.66. The van der Waals surface area contributed by atoms with E-state index >= 15 is 0 Å². The fourth-order valence-corrected chi connectivity index (χ4v) is 10.8. The fourth-order valence-electron chi connectivity index (χ4n) is 10.8. The molecule has 4 saturated carbocycles. The van der Waals surface area contributed by atoms with E-state index in [1.54, 1.807) is 5.57 Å². The van der Waals surface area contributed by atoms with Gasteiger partial charge in [0.15, 0.2) is 0 Å². The van der Waals surface area contributed by atoms with Crippen LogP contribution in [0.5, 0.6) is 0 Å². The number of aliphatic hydroxyl groups is 2. The molecule has 0 spiro atoms. The minimum atomic E-state index is -0.389. The van der Waals surface area contributed by atoms with Crippen LogP contribution in [0.4, 0.5) is 0 Å². The molecule has 0 bridgehead atoms. The smallest absolute Gasteiger partial charge is 0.0632 e. The SMILES string of the molecule is CC1(C)CC[C@]2(CO)C(O)C[C@]3(C)C(=CC[C@@H]4[C@@]5(C)CCCC(C)(C)[C@@H]5CC[C@]43C)[C@@H]2C1. The third-order valence-corrected chi connectivity index (χ3v) is 12.9. The van der Waals surface area contributed by atoms with Crippen molar-refractivity contribution >= 4 is 0 Å². The highest BCUT2D eigenvalue weighted by Crippen LogP contribution is 2.75. The second-order valence-corrected chi connectivity index (χ2v) is 15.2. The Morgan fingerprint density at radius 3 is 2.28 bits per heavy atom. The van der Waals surface area contributed by atoms with E-state index in [1.165, 1.54) is 38.5 Å². The maximum Gasteiger partial charge on any atom is 0.0632 e. The summed E-state index contributed by atoms with van der Waals surface area (Å²) in [5.74, 6) is 1.85. The van der Waals surface area contributed by atoms with Gasteiger partial charge in [-0.25, -0.2) is 0 Å². The summed E-state index contributed by atoms with van der Waals surface area (Å²) in [4.78, 5) is 0. The van der Waals surface area contributed by atoms with E-state index in [-0.39, 0.29) is 34.4 Å². The molecule has 0 aromatic rings. The second kappa shape index (κ2) is 6.87. The highest BCUT2D eigenvalue weighted by atomic mass is 16.3. The predicted molar refractivity (Wildman–Crippen MR) is 132 cm³/mol. The number of fused-ring (bicyclic) bond motifs is 7. The van der Waals surface area contributed by atoms with Crippen LogP contribution in [0.15, 0.2) is 11.6 Å². The molecule has 0 radical (unpaired) electrons. The third kappa shape index (κ3) is 2.78. The van der Waals surface area contributed by atoms with Crippen LogP contribution in [0, 0.1) is 50.2 Å². The van der Waals surface area contributed by atoms with Crippen molar-refractivity contribution in [3.05, 3.63) is 11.6 Å². The van der Waals surface area contributed by atoms with Crippen LogP contribution in [0.2, 0.25) is 0 Å². The van der Waals surface area contributed by atoms with E-state index in [2.05, 4.69) is 54.5 Å². The molecule has 0 heterocycles. The Kier molecular flexibility index (Phi) is 5.02. The molecule has 5 aliphatic carbocycles. The Labute approximate surface area is 197 Å². The molecule has 5 rings (SSSR count). The zero-order valence-corrected chi connectivity index (χ0v) is 22.1. The van der Waals surface area contributed by atoms with Gasteiger partial charge in [0.2, 0.25) is 0 Å². The topological polar surface area (TPSA) is 40.5 Å². The van der Waals surface area contributed by atoms with E-state index in [0.29, 0.717) is 22.7 Å². The second-order valence-electron chi connectivity index (χ2n) is 15.2. The number of rotatable bonds is 1. The molecule has 0 saturated heterocycles. The number of hydrogen-bond donors (Lipinski definition) is 2. The first kappa shape index (κ1) is 23.4. The predicted octanol–water partition coefficient (Wildman–Crippen LogP) is 7.14. The van der Waals surface area contributed by atoms with Gasteiger partial charge in [-0.3, -0.25) is 0 Å². The van der Waals surface area contributed by atoms with Gasteiger partial charge in [-0.1, -0.05) is 66.5 Å². The Balaban J connectivity index is 1.61. The van der Waals surface area contributed by atoms with Gasteiger partial charge in [0.1, 0.15) is 0 Å². The summed E-state index contributed by atoms with van der Waals surface area (Å²) in [6, 6.07) is 0. The summed E-state index contributed by atoms with van der Waals surface area (Å²) in [5, 5.41) is 22.4. The lowest BCUT2D eigenvalue weighted by Gasteiger charge is -2.71. The molecule has 32 heavy (non-hydrogen) atoms. The van der Waals surface area contributed by atoms with Crippen LogP contribution < -0.4 is 0 Å². The van der Waals surface area contributed by atoms with Crippen molar-refractivity contribution in [1.29, 1.82) is 0 Å². The Hall–Kier alpha value is -0.340. The van der Waals surface area contributed by atoms with Crippen LogP contribution >= 0.6 is 0 Å². The lowest BCUT2D eigenvalue weighted by atomic mass is 9.33. The van der Waals surface area contributed by atoms with Gasteiger partial charge < -0.3 is 10.2 Å². The minimum Gasteiger partial charge on any atom is -0.396 e. The van der Waals surface area contributed by atoms with Gasteiger partial charge >= 0.3 is 0 Å². The Bertz CT molecular complexity index is 810. The van der Waals surface area contributed by atoms with Crippen molar-refractivity contribution in [3.63, 3.8) is 0 Å². The summed E-state index contributed by atoms with van der Waals surface area (Å²) in [7, 11) is 0. The maximum atomic E-state index is 11.7. The summed E-state index contributed by atoms with van der Waals surface area (Å²) < 4.78 is 0. The summed E-state index contributed by atoms with van der Waals surface area (Å²) in [6.07, 6.45) is 14.3. The molecule has 2 heteroatoms. The maximum absolute atomic E-state index is 11.7. The zero-order valence-electron chi connectivity index (χ0n) is 22.1. The summed E-state index contributed by atoms with van der Waals surface area (Å²) in [5.41, 5.74) is 2.73. The molecule has 5 aliphatic rings. The van der Waals surface area contributed by atoms with E-state index in [1.807, 2.05) is 0 Å². The van der Waals surface area contributed by atoms with Gasteiger partial charge in [-0.15, -0.1) is 0 Å². The normalized spacial score (nSPS) is 53.8. The van der Waals surface area contributed by atoms with Crippen molar-refractivity contribution in [2.24, 2.45) is 50.2 Å². The number of hydrogen-bond acceptors (Lipinski definition) is 2. The monoisotopic (exact) mass is 442 g/mol. The van der Waals surface area contributed by atoms with Gasteiger partial charge in [0, 0.05) is 5.41 Å². The largest absolute Gasteiger partial charge is 0.396 e. The zero-order chi connectivity index (χ0) is 23.4. The van der Waals surface area contributed by atoms with Crippen LogP contribution in [0.25, 0.3) is 0 Å². The van der Waals surface area contributed by atoms with Crippen molar-refractivity contribution in [3.8, 4) is 0 Å². The quantitative estimate of drug-likeness (QED) is 0.424. The molecule has 1 unspecified atom stereocenters. The van der Waals surface area contributed by atoms with Crippen LogP contribution in [-0.4, -0.2) is 22.9 Å². The Morgan fingerprint density at radius 2 is 1.59 bits per heavy atom. The molecule has 182 valence electrons. The molecule has 0 aliphatic heterocycles. The number of allylic oxidation sites excluding steroid dienone is 2. The highest BCUT2D eigenvalue weighted by Gasteiger charge is 2.69. The third-order valence-electron chi connectivity index (χ3n) is 12.9. The lowest BCUT2D eigenvalue weighted by molar-refractivity contribution is -0.204. The molecule has 4 fully saturated rings. The van der Waals surface area contributed by atoms with Crippen molar-refractivity contribution < 1.29 is 10.2 Å². The van der Waals surface area contributed by atoms with Crippen LogP contribution in [-0.2, 0) is 0 Å². The van der Waals surface area contributed by atoms with Crippen molar-refractivity contribution in [2.45, 2.75) is 119 Å². The molecule has 8 atom stereocenters. The highest BCUT2D eigenvalue weighted by molar-refractivity contribution is 5.35. The standard InChI is InChI=1S/C30H50O2/c1-25(2)15-16-30(19-31)21(17-25)20-9-10-23-27(5)13-8-12-26(3,4)22(27)11-14-28(23,6)29(20,7)18-24(30)32/h9,21-24,31-32H,8,10-19H2,1-7H3/t21-,22-,23+,24?,27-,28+,29+,30+/m0/s1. The first-order valence-electron chi connectivity index (χ1n) is 13.8. The molecule has 2 N–H and O–H groups in total. The molecular weight excluding hydrogens is 392 g/mol. The van der Waals surface area contributed by atoms with Crippen molar-refractivity contribution in [2.75, 3.05) is 6.61 Å². The Morgan fingerprint density at radius 1 is 0.875 bits per heavy atom. The summed E-state index contributed by atoms with van der Waals surface area (Å²) >= 11 is 0. The van der Waals surface area contributed by atoms with Crippen LogP contribution in [0.1, 0.15) is 113 Å². The average Bonchev–Trinajstić information content (AvgIpc) is 2.67. The van der Waals surface area contributed by atoms with E-state index < -0.39 is 0 Å². The van der Waals surface area contributed by atoms with Gasteiger partial charge in [-0.05, 0) is 103 Å². The first-order chi connectivity index (χ1) is 14.8. The molecule has 2 nitrogen and oxygen atoms in total. The average molecular weight is 443 g/mol. The molecule has 0 aromatic carbocycles. The first-order valence-corrected chi connectivity index (χ1v) is 13.8. The minimum absolute atomic E-state index is 0.0433. The van der Waals surface area contributed by atoms with E-state index in [0.717, 1.165) is 31.6 Å². The van der Waals surface area contributed by atoms with Crippen LogP contribution in [0.3, 0.4) is 0 Å². The number of aliphatic hydroxyl groups excluding tert-OH is 2. The van der Waals surface area contributed by atoms with Gasteiger partial charge in [0.05, 0.1) is 12.7 Å². The fraction of sp³-hybridized carbons (Fsp3) is 0.933. The molecule has 0 aromatic heterocycles. The van der Waals surface area contributed by atoms with E-state index in [4.69, 9.17) is 0 Å². The molecule has 0 amide bonds. The van der Waals surface area contributed by atoms with E-state index in [9.17, 15) is 10.2 Å². The summed E-state index contributed by atoms with van der Waals surface area (Å²) in [6.45, 7) is 17.8. The molecular formula is C30H50O2. The van der Waals surface area contributed by atoms with Gasteiger partial charge in [-0.2, -0.15) is 0 Å². The van der Waals surface area contributed by atoms with Crippen molar-refractivity contribution in [1.82, 2.24) is 0 Å².